The summed E-state index contributed by atoms with van der Waals surface area (Å²) in [5.41, 5.74) is 0.769. The molecule has 1 aromatic carbocycles. The van der Waals surface area contributed by atoms with Crippen LogP contribution in [-0.4, -0.2) is 49.8 Å². The molecule has 0 bridgehead atoms. The Morgan fingerprint density at radius 3 is 2.66 bits per heavy atom. The SMILES string of the molecule is Cc1ccc(NC(=O)CN2CCC(NS(=O)(=O)c3cccs3)CC2)c([N+](=O)[O-])c1. The molecule has 0 spiro atoms. The molecule has 0 saturated carbocycles. The summed E-state index contributed by atoms with van der Waals surface area (Å²) in [5, 5.41) is 15.5. The second kappa shape index (κ2) is 8.99. The van der Waals surface area contributed by atoms with Gasteiger partial charge in [0, 0.05) is 25.2 Å². The average Bonchev–Trinajstić information content (AvgIpc) is 3.20. The lowest BCUT2D eigenvalue weighted by atomic mass is 10.1. The molecule has 1 amide bonds. The van der Waals surface area contributed by atoms with E-state index in [4.69, 9.17) is 0 Å². The monoisotopic (exact) mass is 438 g/mol. The van der Waals surface area contributed by atoms with Crippen molar-refractivity contribution in [2.24, 2.45) is 0 Å². The van der Waals surface area contributed by atoms with Gasteiger partial charge >= 0.3 is 0 Å². The number of piperidine rings is 1. The zero-order valence-electron chi connectivity index (χ0n) is 15.8. The van der Waals surface area contributed by atoms with Gasteiger partial charge < -0.3 is 5.32 Å². The summed E-state index contributed by atoms with van der Waals surface area (Å²) in [7, 11) is -3.51. The molecule has 2 heterocycles. The van der Waals surface area contributed by atoms with Crippen LogP contribution in [0.2, 0.25) is 0 Å². The van der Waals surface area contributed by atoms with Gasteiger partial charge in [-0.3, -0.25) is 19.8 Å². The number of nitro groups is 1. The standard InChI is InChI=1S/C18H22N4O5S2/c1-13-4-5-15(16(11-13)22(24)25)19-17(23)12-21-8-6-14(7-9-21)20-29(26,27)18-3-2-10-28-18/h2-5,10-11,14,20H,6-9,12H2,1H3,(H,19,23). The molecule has 11 heteroatoms. The lowest BCUT2D eigenvalue weighted by molar-refractivity contribution is -0.384. The van der Waals surface area contributed by atoms with Crippen LogP contribution < -0.4 is 10.0 Å². The summed E-state index contributed by atoms with van der Waals surface area (Å²) in [5.74, 6) is -0.338. The summed E-state index contributed by atoms with van der Waals surface area (Å²) in [6.07, 6.45) is 1.17. The lowest BCUT2D eigenvalue weighted by Crippen LogP contribution is -2.46. The first-order chi connectivity index (χ1) is 13.7. The first-order valence-corrected chi connectivity index (χ1v) is 11.4. The van der Waals surface area contributed by atoms with Crippen LogP contribution in [0.4, 0.5) is 11.4 Å². The first-order valence-electron chi connectivity index (χ1n) is 9.08. The van der Waals surface area contributed by atoms with Crippen LogP contribution in [0.15, 0.2) is 39.9 Å². The van der Waals surface area contributed by atoms with Crippen LogP contribution in [-0.2, 0) is 14.8 Å². The van der Waals surface area contributed by atoms with E-state index in [-0.39, 0.29) is 29.9 Å². The Morgan fingerprint density at radius 2 is 2.03 bits per heavy atom. The van der Waals surface area contributed by atoms with E-state index >= 15 is 0 Å². The fraction of sp³-hybridized carbons (Fsp3) is 0.389. The van der Waals surface area contributed by atoms with Gasteiger partial charge in [0.05, 0.1) is 11.5 Å². The van der Waals surface area contributed by atoms with E-state index in [1.165, 1.54) is 23.5 Å². The number of likely N-dealkylation sites (tertiary alicyclic amines) is 1. The molecule has 1 aliphatic heterocycles. The highest BCUT2D eigenvalue weighted by molar-refractivity contribution is 7.91. The van der Waals surface area contributed by atoms with Crippen molar-refractivity contribution in [1.82, 2.24) is 9.62 Å². The molecule has 29 heavy (non-hydrogen) atoms. The van der Waals surface area contributed by atoms with Gasteiger partial charge in [-0.25, -0.2) is 13.1 Å². The maximum Gasteiger partial charge on any atom is 0.293 e. The number of rotatable bonds is 7. The Bertz CT molecular complexity index is 984. The van der Waals surface area contributed by atoms with Gasteiger partial charge in [-0.1, -0.05) is 12.1 Å². The van der Waals surface area contributed by atoms with Gasteiger partial charge in [0.25, 0.3) is 5.69 Å². The number of thiophene rings is 1. The zero-order valence-corrected chi connectivity index (χ0v) is 17.5. The average molecular weight is 439 g/mol. The smallest absolute Gasteiger partial charge is 0.293 e. The second-order valence-electron chi connectivity index (χ2n) is 6.93. The second-order valence-corrected chi connectivity index (χ2v) is 9.82. The van der Waals surface area contributed by atoms with E-state index in [0.29, 0.717) is 30.1 Å². The molecule has 0 aliphatic carbocycles. The number of carbonyl (C=O) groups excluding carboxylic acids is 1. The molecule has 0 radical (unpaired) electrons. The number of hydrogen-bond acceptors (Lipinski definition) is 7. The van der Waals surface area contributed by atoms with E-state index in [0.717, 1.165) is 5.56 Å². The predicted octanol–water partition coefficient (Wildman–Crippen LogP) is 2.35. The van der Waals surface area contributed by atoms with E-state index in [9.17, 15) is 23.3 Å². The maximum absolute atomic E-state index is 12.3. The molecular weight excluding hydrogens is 416 g/mol. The lowest BCUT2D eigenvalue weighted by Gasteiger charge is -2.31. The van der Waals surface area contributed by atoms with E-state index in [2.05, 4.69) is 10.0 Å². The van der Waals surface area contributed by atoms with Crippen LogP contribution in [0, 0.1) is 17.0 Å². The van der Waals surface area contributed by atoms with Crippen molar-refractivity contribution in [2.45, 2.75) is 30.0 Å². The summed E-state index contributed by atoms with van der Waals surface area (Å²) < 4.78 is 27.6. The van der Waals surface area contributed by atoms with Crippen LogP contribution in [0.3, 0.4) is 0 Å². The largest absolute Gasteiger partial charge is 0.319 e. The summed E-state index contributed by atoms with van der Waals surface area (Å²) in [6.45, 7) is 2.95. The number of benzene rings is 1. The van der Waals surface area contributed by atoms with Crippen LogP contribution in [0.5, 0.6) is 0 Å². The van der Waals surface area contributed by atoms with Crippen molar-refractivity contribution in [3.63, 3.8) is 0 Å². The fourth-order valence-corrected chi connectivity index (χ4v) is 5.51. The number of nitro benzene ring substituents is 1. The van der Waals surface area contributed by atoms with Crippen molar-refractivity contribution in [3.05, 3.63) is 51.4 Å². The minimum absolute atomic E-state index is 0.0927. The molecule has 156 valence electrons. The van der Waals surface area contributed by atoms with Gasteiger partial charge in [-0.15, -0.1) is 11.3 Å². The molecule has 2 aromatic rings. The summed E-state index contributed by atoms with van der Waals surface area (Å²) in [6, 6.07) is 7.72. The Balaban J connectivity index is 1.51. The zero-order chi connectivity index (χ0) is 21.0. The number of nitrogens with zero attached hydrogens (tertiary/aromatic N) is 2. The minimum Gasteiger partial charge on any atom is -0.319 e. The van der Waals surface area contributed by atoms with Gasteiger partial charge in [0.15, 0.2) is 0 Å². The third-order valence-electron chi connectivity index (χ3n) is 4.66. The van der Waals surface area contributed by atoms with Gasteiger partial charge in [-0.05, 0) is 42.8 Å². The van der Waals surface area contributed by atoms with Crippen molar-refractivity contribution in [2.75, 3.05) is 25.0 Å². The third-order valence-corrected chi connectivity index (χ3v) is 7.58. The third kappa shape index (κ3) is 5.60. The molecule has 3 rings (SSSR count). The predicted molar refractivity (Wildman–Crippen MR) is 111 cm³/mol. The number of amides is 1. The number of nitrogens with one attached hydrogen (secondary N) is 2. The Labute approximate surface area is 172 Å². The fourth-order valence-electron chi connectivity index (χ4n) is 3.19. The normalized spacial score (nSPS) is 15.9. The first kappa shape index (κ1) is 21.4. The number of aryl methyl sites for hydroxylation is 1. The van der Waals surface area contributed by atoms with Crippen LogP contribution in [0.25, 0.3) is 0 Å². The Morgan fingerprint density at radius 1 is 1.31 bits per heavy atom. The van der Waals surface area contributed by atoms with Crippen LogP contribution >= 0.6 is 11.3 Å². The van der Waals surface area contributed by atoms with Crippen molar-refractivity contribution < 1.29 is 18.1 Å². The number of hydrogen-bond donors (Lipinski definition) is 2. The van der Waals surface area contributed by atoms with E-state index in [1.807, 2.05) is 4.90 Å². The molecule has 0 atom stereocenters. The molecule has 1 aliphatic rings. The topological polar surface area (TPSA) is 122 Å². The van der Waals surface area contributed by atoms with Crippen LogP contribution in [0.1, 0.15) is 18.4 Å². The quantitative estimate of drug-likeness (QED) is 0.505. The molecule has 2 N–H and O–H groups in total. The van der Waals surface area contributed by atoms with Crippen molar-refractivity contribution in [3.8, 4) is 0 Å². The van der Waals surface area contributed by atoms with E-state index in [1.54, 1.807) is 30.5 Å². The molecule has 1 fully saturated rings. The minimum atomic E-state index is -3.51. The number of sulfonamides is 1. The maximum atomic E-state index is 12.3. The highest BCUT2D eigenvalue weighted by Gasteiger charge is 2.26. The number of anilines is 1. The number of carbonyl (C=O) groups is 1. The summed E-state index contributed by atoms with van der Waals surface area (Å²) in [4.78, 5) is 24.9. The molecule has 0 unspecified atom stereocenters. The summed E-state index contributed by atoms with van der Waals surface area (Å²) >= 11 is 1.17. The Hall–Kier alpha value is -2.34. The molecular formula is C18H22N4O5S2. The highest BCUT2D eigenvalue weighted by Crippen LogP contribution is 2.25. The van der Waals surface area contributed by atoms with Crippen molar-refractivity contribution in [1.29, 1.82) is 0 Å². The molecule has 9 nitrogen and oxygen atoms in total. The Kier molecular flexibility index (Phi) is 6.63. The van der Waals surface area contributed by atoms with Gasteiger partial charge in [0.1, 0.15) is 9.90 Å². The van der Waals surface area contributed by atoms with Gasteiger partial charge in [0.2, 0.25) is 15.9 Å². The van der Waals surface area contributed by atoms with Gasteiger partial charge in [-0.2, -0.15) is 0 Å². The molecule has 1 aromatic heterocycles. The van der Waals surface area contributed by atoms with Crippen molar-refractivity contribution >= 4 is 38.6 Å². The highest BCUT2D eigenvalue weighted by atomic mass is 32.2. The molecule has 1 saturated heterocycles. The van der Waals surface area contributed by atoms with E-state index < -0.39 is 14.9 Å².